The Morgan fingerprint density at radius 2 is 2.05 bits per heavy atom. The van der Waals surface area contributed by atoms with Crippen LogP contribution < -0.4 is 5.32 Å². The van der Waals surface area contributed by atoms with Crippen LogP contribution in [0.25, 0.3) is 0 Å². The van der Waals surface area contributed by atoms with Gasteiger partial charge in [-0.2, -0.15) is 0 Å². The van der Waals surface area contributed by atoms with Crippen LogP contribution in [0.3, 0.4) is 0 Å². The summed E-state index contributed by atoms with van der Waals surface area (Å²) in [6, 6.07) is 5.10. The summed E-state index contributed by atoms with van der Waals surface area (Å²) in [4.78, 5) is 4.70. The largest absolute Gasteiger partial charge is 0.307 e. The smallest absolute Gasteiger partial charge is 0.137 e. The lowest BCUT2D eigenvalue weighted by molar-refractivity contribution is 0.565. The van der Waals surface area contributed by atoms with Crippen molar-refractivity contribution in [1.29, 1.82) is 0 Å². The van der Waals surface area contributed by atoms with Crippen LogP contribution in [-0.4, -0.2) is 12.0 Å². The number of thiazole rings is 1. The van der Waals surface area contributed by atoms with Crippen molar-refractivity contribution in [2.75, 3.05) is 7.05 Å². The van der Waals surface area contributed by atoms with E-state index in [-0.39, 0.29) is 17.3 Å². The van der Waals surface area contributed by atoms with Gasteiger partial charge in [0, 0.05) is 10.8 Å². The highest BCUT2D eigenvalue weighted by Crippen LogP contribution is 2.31. The lowest BCUT2D eigenvalue weighted by Gasteiger charge is -2.16. The number of hydrogen-bond acceptors (Lipinski definition) is 3. The van der Waals surface area contributed by atoms with Gasteiger partial charge in [0.25, 0.3) is 0 Å². The molecule has 20 heavy (non-hydrogen) atoms. The summed E-state index contributed by atoms with van der Waals surface area (Å²) in [5, 5.41) is 6.25. The van der Waals surface area contributed by atoms with Gasteiger partial charge >= 0.3 is 0 Å². The number of aromatic nitrogens is 1. The fourth-order valence-electron chi connectivity index (χ4n) is 1.89. The van der Waals surface area contributed by atoms with E-state index in [4.69, 9.17) is 4.98 Å². The molecule has 1 heterocycles. The molecule has 0 aliphatic heterocycles. The standard InChI is InChI=1S/C15H18BrFN2S/c1-15(2,3)12-8-20-14(19-12)13(18-4)9-5-6-10(16)11(17)7-9/h5-8,13,18H,1-4H3. The van der Waals surface area contributed by atoms with Crippen LogP contribution in [0.4, 0.5) is 4.39 Å². The van der Waals surface area contributed by atoms with E-state index < -0.39 is 0 Å². The second-order valence-electron chi connectivity index (χ2n) is 5.72. The third-order valence-corrected chi connectivity index (χ3v) is 4.66. The van der Waals surface area contributed by atoms with Gasteiger partial charge in [-0.15, -0.1) is 11.3 Å². The molecule has 1 aromatic carbocycles. The zero-order valence-electron chi connectivity index (χ0n) is 12.0. The van der Waals surface area contributed by atoms with Gasteiger partial charge in [0.2, 0.25) is 0 Å². The van der Waals surface area contributed by atoms with Crippen molar-refractivity contribution in [1.82, 2.24) is 10.3 Å². The van der Waals surface area contributed by atoms with E-state index in [0.29, 0.717) is 4.47 Å². The topological polar surface area (TPSA) is 24.9 Å². The monoisotopic (exact) mass is 356 g/mol. The molecule has 0 aliphatic rings. The molecule has 2 nitrogen and oxygen atoms in total. The van der Waals surface area contributed by atoms with E-state index in [9.17, 15) is 4.39 Å². The van der Waals surface area contributed by atoms with Gasteiger partial charge in [0.15, 0.2) is 0 Å². The van der Waals surface area contributed by atoms with Crippen molar-refractivity contribution in [2.45, 2.75) is 32.2 Å². The minimum absolute atomic E-state index is 0.0258. The molecule has 0 bridgehead atoms. The Bertz CT molecular complexity index is 604. The first-order valence-corrected chi connectivity index (χ1v) is 8.08. The number of hydrogen-bond donors (Lipinski definition) is 1. The van der Waals surface area contributed by atoms with Crippen LogP contribution in [0.5, 0.6) is 0 Å². The molecule has 0 radical (unpaired) electrons. The summed E-state index contributed by atoms with van der Waals surface area (Å²) in [6.07, 6.45) is 0. The Labute approximate surface area is 131 Å². The first kappa shape index (κ1) is 15.6. The van der Waals surface area contributed by atoms with Gasteiger partial charge in [0.1, 0.15) is 10.8 Å². The number of nitrogens with zero attached hydrogens (tertiary/aromatic N) is 1. The maximum Gasteiger partial charge on any atom is 0.137 e. The first-order chi connectivity index (χ1) is 9.32. The van der Waals surface area contributed by atoms with Gasteiger partial charge < -0.3 is 5.32 Å². The highest BCUT2D eigenvalue weighted by molar-refractivity contribution is 9.10. The molecule has 1 atom stereocenters. The Hall–Kier alpha value is -0.780. The molecule has 0 aliphatic carbocycles. The molecule has 0 saturated heterocycles. The van der Waals surface area contributed by atoms with Crippen molar-refractivity contribution < 1.29 is 4.39 Å². The average molecular weight is 357 g/mol. The second kappa shape index (κ2) is 5.92. The van der Waals surface area contributed by atoms with Crippen molar-refractivity contribution >= 4 is 27.3 Å². The zero-order valence-corrected chi connectivity index (χ0v) is 14.4. The van der Waals surface area contributed by atoms with E-state index in [1.807, 2.05) is 13.1 Å². The normalized spacial score (nSPS) is 13.5. The minimum atomic E-state index is -0.254. The van der Waals surface area contributed by atoms with Crippen molar-refractivity contribution in [3.8, 4) is 0 Å². The van der Waals surface area contributed by atoms with Crippen molar-refractivity contribution in [2.24, 2.45) is 0 Å². The lowest BCUT2D eigenvalue weighted by atomic mass is 9.93. The van der Waals surface area contributed by atoms with Gasteiger partial charge in [-0.1, -0.05) is 26.8 Å². The number of nitrogens with one attached hydrogen (secondary N) is 1. The fraction of sp³-hybridized carbons (Fsp3) is 0.400. The van der Waals surface area contributed by atoms with Gasteiger partial charge in [-0.3, -0.25) is 0 Å². The van der Waals surface area contributed by atoms with E-state index in [2.05, 4.69) is 47.4 Å². The Kier molecular flexibility index (Phi) is 4.62. The molecule has 0 saturated carbocycles. The maximum absolute atomic E-state index is 13.7. The van der Waals surface area contributed by atoms with E-state index in [1.165, 1.54) is 0 Å². The molecular weight excluding hydrogens is 339 g/mol. The predicted octanol–water partition coefficient (Wildman–Crippen LogP) is 4.65. The molecule has 0 fully saturated rings. The lowest BCUT2D eigenvalue weighted by Crippen LogP contribution is -2.19. The molecule has 108 valence electrons. The van der Waals surface area contributed by atoms with E-state index in [0.717, 1.165) is 16.3 Å². The van der Waals surface area contributed by atoms with Crippen LogP contribution in [0.2, 0.25) is 0 Å². The van der Waals surface area contributed by atoms with Crippen molar-refractivity contribution in [3.63, 3.8) is 0 Å². The van der Waals surface area contributed by atoms with Crippen LogP contribution in [0.1, 0.15) is 43.1 Å². The number of halogens is 2. The fourth-order valence-corrected chi connectivity index (χ4v) is 3.32. The summed E-state index contributed by atoms with van der Waals surface area (Å²) in [5.41, 5.74) is 1.97. The minimum Gasteiger partial charge on any atom is -0.307 e. The van der Waals surface area contributed by atoms with Crippen LogP contribution >= 0.6 is 27.3 Å². The highest BCUT2D eigenvalue weighted by atomic mass is 79.9. The van der Waals surface area contributed by atoms with E-state index in [1.54, 1.807) is 23.5 Å². The number of rotatable bonds is 3. The molecule has 1 aromatic heterocycles. The SMILES string of the molecule is CNC(c1ccc(Br)c(F)c1)c1nc(C(C)(C)C)cs1. The predicted molar refractivity (Wildman–Crippen MR) is 85.8 cm³/mol. The third kappa shape index (κ3) is 3.27. The molecule has 2 rings (SSSR count). The highest BCUT2D eigenvalue weighted by Gasteiger charge is 2.22. The third-order valence-electron chi connectivity index (χ3n) is 3.10. The summed E-state index contributed by atoms with van der Waals surface area (Å²) in [6.45, 7) is 6.42. The molecule has 5 heteroatoms. The second-order valence-corrected chi connectivity index (χ2v) is 7.46. The quantitative estimate of drug-likeness (QED) is 0.865. The van der Waals surface area contributed by atoms with Crippen LogP contribution in [0.15, 0.2) is 28.1 Å². The Morgan fingerprint density at radius 3 is 2.55 bits per heavy atom. The number of benzene rings is 1. The molecule has 0 spiro atoms. The van der Waals surface area contributed by atoms with Crippen LogP contribution in [-0.2, 0) is 5.41 Å². The zero-order chi connectivity index (χ0) is 14.9. The molecule has 1 unspecified atom stereocenters. The van der Waals surface area contributed by atoms with Crippen molar-refractivity contribution in [3.05, 3.63) is 50.1 Å². The summed E-state index contributed by atoms with van der Waals surface area (Å²) >= 11 is 4.78. The Morgan fingerprint density at radius 1 is 1.35 bits per heavy atom. The summed E-state index contributed by atoms with van der Waals surface area (Å²) in [7, 11) is 1.86. The average Bonchev–Trinajstić information content (AvgIpc) is 2.84. The van der Waals surface area contributed by atoms with Crippen LogP contribution in [0, 0.1) is 5.82 Å². The molecular formula is C15H18BrFN2S. The van der Waals surface area contributed by atoms with Gasteiger partial charge in [0.05, 0.1) is 16.2 Å². The molecule has 1 N–H and O–H groups in total. The summed E-state index contributed by atoms with van der Waals surface area (Å²) < 4.78 is 14.2. The first-order valence-electron chi connectivity index (χ1n) is 6.41. The van der Waals surface area contributed by atoms with E-state index >= 15 is 0 Å². The summed E-state index contributed by atoms with van der Waals surface area (Å²) in [5.74, 6) is -0.254. The van der Waals surface area contributed by atoms with Gasteiger partial charge in [-0.25, -0.2) is 9.37 Å². The maximum atomic E-state index is 13.7. The van der Waals surface area contributed by atoms with Gasteiger partial charge in [-0.05, 0) is 40.7 Å². The molecule has 2 aromatic rings. The Balaban J connectivity index is 2.37. The molecule has 0 amide bonds.